The molecule has 0 aliphatic carbocycles. The SMILES string of the molecule is CCCCCC=CCC=CCC=CCCCCC(=O)OCC(COP(=O)(O)OCC(O)CO)OC(=O)CCCC=CCC=CCC=CCCCCCCCC. The first kappa shape index (κ1) is 52.4. The zero-order chi connectivity index (χ0) is 40.5. The third-order valence-corrected chi connectivity index (χ3v) is 9.28. The Morgan fingerprint density at radius 3 is 1.51 bits per heavy atom. The summed E-state index contributed by atoms with van der Waals surface area (Å²) in [6.07, 6.45) is 44.5. The summed E-state index contributed by atoms with van der Waals surface area (Å²) in [5, 5.41) is 18.3. The van der Waals surface area contributed by atoms with E-state index in [9.17, 15) is 24.2 Å². The van der Waals surface area contributed by atoms with Gasteiger partial charge in [0.15, 0.2) is 6.10 Å². The molecular weight excluding hydrogens is 719 g/mol. The second-order valence-corrected chi connectivity index (χ2v) is 15.1. The van der Waals surface area contributed by atoms with E-state index in [1.807, 2.05) is 6.08 Å². The van der Waals surface area contributed by atoms with Crippen molar-refractivity contribution >= 4 is 19.8 Å². The highest BCUT2D eigenvalue weighted by Crippen LogP contribution is 2.43. The Bertz CT molecular complexity index is 1140. The second kappa shape index (κ2) is 39.6. The summed E-state index contributed by atoms with van der Waals surface area (Å²) in [4.78, 5) is 34.9. The zero-order valence-electron chi connectivity index (χ0n) is 34.1. The molecule has 11 heteroatoms. The van der Waals surface area contributed by atoms with Gasteiger partial charge in [-0.2, -0.15) is 0 Å². The Morgan fingerprint density at radius 2 is 0.964 bits per heavy atom. The van der Waals surface area contributed by atoms with Crippen molar-refractivity contribution in [3.05, 3.63) is 72.9 Å². The van der Waals surface area contributed by atoms with Crippen molar-refractivity contribution in [3.8, 4) is 0 Å². The van der Waals surface area contributed by atoms with Crippen LogP contribution in [0.4, 0.5) is 0 Å². The van der Waals surface area contributed by atoms with Crippen molar-refractivity contribution in [2.24, 2.45) is 0 Å². The minimum absolute atomic E-state index is 0.101. The van der Waals surface area contributed by atoms with Crippen LogP contribution in [0.1, 0.15) is 155 Å². The van der Waals surface area contributed by atoms with Crippen LogP contribution in [0.3, 0.4) is 0 Å². The molecule has 0 aromatic carbocycles. The quantitative estimate of drug-likeness (QED) is 0.0239. The van der Waals surface area contributed by atoms with Gasteiger partial charge in [0.1, 0.15) is 12.7 Å². The number of aliphatic hydroxyl groups excluding tert-OH is 2. The molecule has 0 spiro atoms. The summed E-state index contributed by atoms with van der Waals surface area (Å²) in [6, 6.07) is 0. The summed E-state index contributed by atoms with van der Waals surface area (Å²) in [7, 11) is -4.64. The number of hydrogen-bond donors (Lipinski definition) is 3. The van der Waals surface area contributed by atoms with E-state index < -0.39 is 51.8 Å². The lowest BCUT2D eigenvalue weighted by atomic mass is 10.1. The maximum absolute atomic E-state index is 12.6. The molecule has 55 heavy (non-hydrogen) atoms. The predicted octanol–water partition coefficient (Wildman–Crippen LogP) is 10.9. The van der Waals surface area contributed by atoms with Gasteiger partial charge in [0.2, 0.25) is 0 Å². The lowest BCUT2D eigenvalue weighted by molar-refractivity contribution is -0.161. The molecule has 3 N–H and O–H groups in total. The summed E-state index contributed by atoms with van der Waals surface area (Å²) in [6.45, 7) is 2.22. The topological polar surface area (TPSA) is 149 Å². The lowest BCUT2D eigenvalue weighted by Gasteiger charge is -2.20. The molecule has 0 rings (SSSR count). The van der Waals surface area contributed by atoms with Gasteiger partial charge in [-0.05, 0) is 83.5 Å². The number of hydrogen-bond acceptors (Lipinski definition) is 9. The third kappa shape index (κ3) is 39.4. The molecule has 0 bridgehead atoms. The van der Waals surface area contributed by atoms with Crippen molar-refractivity contribution in [1.29, 1.82) is 0 Å². The first-order chi connectivity index (χ1) is 26.7. The number of esters is 2. The Hall–Kier alpha value is -2.59. The van der Waals surface area contributed by atoms with Crippen LogP contribution in [0, 0.1) is 0 Å². The maximum Gasteiger partial charge on any atom is 0.472 e. The summed E-state index contributed by atoms with van der Waals surface area (Å²) >= 11 is 0. The van der Waals surface area contributed by atoms with Gasteiger partial charge in [-0.15, -0.1) is 0 Å². The van der Waals surface area contributed by atoms with E-state index in [1.54, 1.807) is 0 Å². The minimum Gasteiger partial charge on any atom is -0.462 e. The van der Waals surface area contributed by atoms with Gasteiger partial charge in [-0.25, -0.2) is 4.57 Å². The van der Waals surface area contributed by atoms with Crippen LogP contribution in [0.5, 0.6) is 0 Å². The van der Waals surface area contributed by atoms with Crippen LogP contribution in [0.25, 0.3) is 0 Å². The van der Waals surface area contributed by atoms with E-state index in [-0.39, 0.29) is 19.4 Å². The van der Waals surface area contributed by atoms with Crippen molar-refractivity contribution in [2.75, 3.05) is 26.4 Å². The van der Waals surface area contributed by atoms with Crippen LogP contribution in [-0.4, -0.2) is 65.7 Å². The maximum atomic E-state index is 12.6. The number of rotatable bonds is 38. The summed E-state index contributed by atoms with van der Waals surface area (Å²) in [5.74, 6) is -1.04. The second-order valence-electron chi connectivity index (χ2n) is 13.7. The first-order valence-corrected chi connectivity index (χ1v) is 22.4. The van der Waals surface area contributed by atoms with Crippen LogP contribution in [-0.2, 0) is 32.7 Å². The molecule has 0 heterocycles. The van der Waals surface area contributed by atoms with E-state index in [4.69, 9.17) is 19.1 Å². The fourth-order valence-corrected chi connectivity index (χ4v) is 5.86. The number of ether oxygens (including phenoxy) is 2. The molecule has 0 saturated carbocycles. The highest BCUT2D eigenvalue weighted by molar-refractivity contribution is 7.47. The molecule has 0 amide bonds. The van der Waals surface area contributed by atoms with Gasteiger partial charge < -0.3 is 24.6 Å². The molecule has 0 aliphatic rings. The fraction of sp³-hybridized carbons (Fsp3) is 0.682. The van der Waals surface area contributed by atoms with Crippen LogP contribution >= 0.6 is 7.82 Å². The zero-order valence-corrected chi connectivity index (χ0v) is 35.0. The van der Waals surface area contributed by atoms with Gasteiger partial charge in [0.25, 0.3) is 0 Å². The number of carbonyl (C=O) groups is 2. The van der Waals surface area contributed by atoms with E-state index in [2.05, 4.69) is 85.2 Å². The molecule has 0 radical (unpaired) electrons. The van der Waals surface area contributed by atoms with Crippen molar-refractivity contribution in [1.82, 2.24) is 0 Å². The lowest BCUT2D eigenvalue weighted by Crippen LogP contribution is -2.29. The van der Waals surface area contributed by atoms with E-state index in [1.165, 1.54) is 57.8 Å². The van der Waals surface area contributed by atoms with Gasteiger partial charge >= 0.3 is 19.8 Å². The normalized spacial score (nSPS) is 14.6. The summed E-state index contributed by atoms with van der Waals surface area (Å²) < 4.78 is 32.6. The molecule has 3 atom stereocenters. The Morgan fingerprint density at radius 1 is 0.545 bits per heavy atom. The summed E-state index contributed by atoms with van der Waals surface area (Å²) in [5.41, 5.74) is 0. The fourth-order valence-electron chi connectivity index (χ4n) is 5.07. The van der Waals surface area contributed by atoms with Crippen molar-refractivity contribution in [3.63, 3.8) is 0 Å². The molecule has 0 fully saturated rings. The number of aliphatic hydroxyl groups is 2. The molecular formula is C44H75O10P. The number of carbonyl (C=O) groups excluding carboxylic acids is 2. The molecule has 0 aromatic heterocycles. The Labute approximate surface area is 333 Å². The minimum atomic E-state index is -4.64. The predicted molar refractivity (Wildman–Crippen MR) is 223 cm³/mol. The van der Waals surface area contributed by atoms with Gasteiger partial charge in [0.05, 0.1) is 19.8 Å². The highest BCUT2D eigenvalue weighted by atomic mass is 31.2. The van der Waals surface area contributed by atoms with Crippen molar-refractivity contribution in [2.45, 2.75) is 167 Å². The molecule has 0 aliphatic heterocycles. The average molecular weight is 795 g/mol. The Kier molecular flexibility index (Phi) is 37.8. The number of phosphoric ester groups is 1. The molecule has 316 valence electrons. The monoisotopic (exact) mass is 795 g/mol. The first-order valence-electron chi connectivity index (χ1n) is 20.9. The molecule has 3 unspecified atom stereocenters. The Balaban J connectivity index is 4.49. The van der Waals surface area contributed by atoms with E-state index in [0.29, 0.717) is 19.3 Å². The van der Waals surface area contributed by atoms with Crippen molar-refractivity contribution < 1.29 is 47.8 Å². The molecule has 0 saturated heterocycles. The van der Waals surface area contributed by atoms with Gasteiger partial charge in [-0.3, -0.25) is 18.6 Å². The molecule has 10 nitrogen and oxygen atoms in total. The van der Waals surface area contributed by atoms with Gasteiger partial charge in [0, 0.05) is 12.8 Å². The van der Waals surface area contributed by atoms with E-state index >= 15 is 0 Å². The van der Waals surface area contributed by atoms with Gasteiger partial charge in [-0.1, -0.05) is 132 Å². The van der Waals surface area contributed by atoms with Crippen LogP contribution < -0.4 is 0 Å². The smallest absolute Gasteiger partial charge is 0.462 e. The largest absolute Gasteiger partial charge is 0.472 e. The number of allylic oxidation sites excluding steroid dienone is 12. The standard InChI is InChI=1S/C44H75O10P/c1-3-5-7-9-11-13-15-17-19-20-22-24-26-28-30-32-34-36-44(48)54-42(40-53-55(49,50)52-38-41(46)37-45)39-51-43(47)35-33-31-29-27-25-23-21-18-16-14-12-10-8-6-4-2/h12,14,17-19,21-22,24-25,27-28,30,41-42,45-46H,3-11,13,15-16,20,23,26,29,31-40H2,1-2H3,(H,49,50). The molecule has 0 aromatic rings. The highest BCUT2D eigenvalue weighted by Gasteiger charge is 2.27. The number of phosphoric acid groups is 1. The van der Waals surface area contributed by atoms with Crippen LogP contribution in [0.15, 0.2) is 72.9 Å². The van der Waals surface area contributed by atoms with Crippen LogP contribution in [0.2, 0.25) is 0 Å². The van der Waals surface area contributed by atoms with E-state index in [0.717, 1.165) is 51.4 Å². The third-order valence-electron chi connectivity index (χ3n) is 8.33. The number of unbranched alkanes of at least 4 members (excludes halogenated alkanes) is 12. The average Bonchev–Trinajstić information content (AvgIpc) is 3.17.